The molecule has 4 aliphatic rings. The highest BCUT2D eigenvalue weighted by atomic mass is 16.3. The second-order valence-corrected chi connectivity index (χ2v) is 9.68. The zero-order chi connectivity index (χ0) is 16.4. The van der Waals surface area contributed by atoms with Gasteiger partial charge in [-0.15, -0.1) is 0 Å². The fourth-order valence-electron chi connectivity index (χ4n) is 7.45. The Morgan fingerprint density at radius 1 is 1.13 bits per heavy atom. The first-order chi connectivity index (χ1) is 10.9. The maximum atomic E-state index is 10.1. The smallest absolute Gasteiger partial charge is 0.0577 e. The maximum absolute atomic E-state index is 10.1. The van der Waals surface area contributed by atoms with Crippen molar-refractivity contribution in [3.8, 4) is 0 Å². The Bertz CT molecular complexity index is 546. The molecule has 128 valence electrons. The zero-order valence-electron chi connectivity index (χ0n) is 15.3. The third kappa shape index (κ3) is 2.15. The summed E-state index contributed by atoms with van der Waals surface area (Å²) in [7, 11) is 0. The van der Waals surface area contributed by atoms with E-state index < -0.39 is 0 Å². The topological polar surface area (TPSA) is 20.2 Å². The van der Waals surface area contributed by atoms with Gasteiger partial charge < -0.3 is 5.11 Å². The van der Waals surface area contributed by atoms with Crippen molar-refractivity contribution in [3.63, 3.8) is 0 Å². The Morgan fingerprint density at radius 2 is 1.91 bits per heavy atom. The fourth-order valence-corrected chi connectivity index (χ4v) is 7.45. The van der Waals surface area contributed by atoms with Gasteiger partial charge in [0.1, 0.15) is 0 Å². The molecule has 3 fully saturated rings. The van der Waals surface area contributed by atoms with Gasteiger partial charge in [-0.3, -0.25) is 0 Å². The van der Waals surface area contributed by atoms with Gasteiger partial charge in [-0.25, -0.2) is 0 Å². The molecular formula is C22H34O. The molecule has 0 bridgehead atoms. The zero-order valence-corrected chi connectivity index (χ0v) is 15.3. The lowest BCUT2D eigenvalue weighted by molar-refractivity contribution is -0.0453. The summed E-state index contributed by atoms with van der Waals surface area (Å²) in [6.07, 6.45) is 12.4. The highest BCUT2D eigenvalue weighted by Gasteiger charge is 2.58. The predicted octanol–water partition coefficient (Wildman–Crippen LogP) is 5.50. The molecule has 1 nitrogen and oxygen atoms in total. The summed E-state index contributed by atoms with van der Waals surface area (Å²) in [5.74, 6) is 3.38. The van der Waals surface area contributed by atoms with Crippen LogP contribution in [-0.4, -0.2) is 11.2 Å². The van der Waals surface area contributed by atoms with Gasteiger partial charge in [-0.2, -0.15) is 0 Å². The van der Waals surface area contributed by atoms with Gasteiger partial charge in [0, 0.05) is 0 Å². The minimum atomic E-state index is -0.0843. The van der Waals surface area contributed by atoms with Gasteiger partial charge in [0.05, 0.1) is 6.10 Å². The molecule has 4 rings (SSSR count). The number of fused-ring (bicyclic) bond motifs is 5. The molecule has 0 aliphatic heterocycles. The Labute approximate surface area is 142 Å². The molecule has 0 unspecified atom stereocenters. The van der Waals surface area contributed by atoms with E-state index in [0.29, 0.717) is 10.8 Å². The molecule has 0 aromatic carbocycles. The van der Waals surface area contributed by atoms with Crippen LogP contribution in [0, 0.1) is 34.5 Å². The van der Waals surface area contributed by atoms with E-state index in [4.69, 9.17) is 0 Å². The molecule has 3 saturated carbocycles. The van der Waals surface area contributed by atoms with Crippen LogP contribution in [0.25, 0.3) is 0 Å². The van der Waals surface area contributed by atoms with Gasteiger partial charge in [-0.05, 0) is 92.8 Å². The maximum Gasteiger partial charge on any atom is 0.0577 e. The van der Waals surface area contributed by atoms with Crippen LogP contribution in [0.5, 0.6) is 0 Å². The van der Waals surface area contributed by atoms with Gasteiger partial charge in [-0.1, -0.05) is 37.6 Å². The molecule has 0 aromatic heterocycles. The van der Waals surface area contributed by atoms with E-state index in [1.54, 1.807) is 5.57 Å². The molecule has 0 saturated heterocycles. The third-order valence-corrected chi connectivity index (χ3v) is 8.67. The summed E-state index contributed by atoms with van der Waals surface area (Å²) in [6.45, 7) is 11.7. The largest absolute Gasteiger partial charge is 0.393 e. The molecule has 0 heterocycles. The number of hydrogen-bond donors (Lipinski definition) is 1. The van der Waals surface area contributed by atoms with Crippen LogP contribution < -0.4 is 0 Å². The van der Waals surface area contributed by atoms with Crippen LogP contribution in [0.1, 0.15) is 72.1 Å². The first-order valence-electron chi connectivity index (χ1n) is 9.89. The van der Waals surface area contributed by atoms with Crippen LogP contribution >= 0.6 is 0 Å². The second kappa shape index (κ2) is 5.22. The van der Waals surface area contributed by atoms with Crippen LogP contribution in [0.15, 0.2) is 23.8 Å². The summed E-state index contributed by atoms with van der Waals surface area (Å²) >= 11 is 0. The van der Waals surface area contributed by atoms with Crippen molar-refractivity contribution in [2.24, 2.45) is 34.5 Å². The first-order valence-corrected chi connectivity index (χ1v) is 9.89. The lowest BCUT2D eigenvalue weighted by Crippen LogP contribution is -2.50. The third-order valence-electron chi connectivity index (χ3n) is 8.67. The minimum Gasteiger partial charge on any atom is -0.393 e. The number of rotatable bonds is 1. The number of allylic oxidation sites excluding steroid dienone is 2. The lowest BCUT2D eigenvalue weighted by Gasteiger charge is -2.58. The van der Waals surface area contributed by atoms with Gasteiger partial charge in [0.2, 0.25) is 0 Å². The van der Waals surface area contributed by atoms with Crippen molar-refractivity contribution in [3.05, 3.63) is 23.8 Å². The molecule has 1 heteroatoms. The Morgan fingerprint density at radius 3 is 2.65 bits per heavy atom. The highest BCUT2D eigenvalue weighted by molar-refractivity contribution is 5.26. The quantitative estimate of drug-likeness (QED) is 0.633. The first kappa shape index (κ1) is 15.9. The average Bonchev–Trinajstić information content (AvgIpc) is 2.85. The SMILES string of the molecule is C=C(C)[C@H]1CC[C@H]2[C@@H]3CC=C4C[C@@H](O)CC[C@]4(C)[C@H]3CC[C@]12C. The number of hydrogen-bond acceptors (Lipinski definition) is 1. The summed E-state index contributed by atoms with van der Waals surface area (Å²) in [4.78, 5) is 0. The normalized spacial score (nSPS) is 52.2. The Hall–Kier alpha value is -0.560. The van der Waals surface area contributed by atoms with Crippen LogP contribution in [0.3, 0.4) is 0 Å². The van der Waals surface area contributed by atoms with Gasteiger partial charge >= 0.3 is 0 Å². The highest BCUT2D eigenvalue weighted by Crippen LogP contribution is 2.66. The molecule has 23 heavy (non-hydrogen) atoms. The number of aliphatic hydroxyl groups excluding tert-OH is 1. The summed E-state index contributed by atoms with van der Waals surface area (Å²) in [5.41, 5.74) is 3.90. The van der Waals surface area contributed by atoms with Crippen LogP contribution in [0.4, 0.5) is 0 Å². The van der Waals surface area contributed by atoms with E-state index in [9.17, 15) is 5.11 Å². The van der Waals surface area contributed by atoms with Crippen molar-refractivity contribution in [1.29, 1.82) is 0 Å². The van der Waals surface area contributed by atoms with Crippen LogP contribution in [0.2, 0.25) is 0 Å². The van der Waals surface area contributed by atoms with Crippen molar-refractivity contribution < 1.29 is 5.11 Å². The molecule has 0 radical (unpaired) electrons. The lowest BCUT2D eigenvalue weighted by atomic mass is 9.47. The number of aliphatic hydroxyl groups is 1. The molecule has 0 aromatic rings. The molecule has 7 atom stereocenters. The average molecular weight is 315 g/mol. The monoisotopic (exact) mass is 314 g/mol. The molecular weight excluding hydrogens is 280 g/mol. The van der Waals surface area contributed by atoms with E-state index in [0.717, 1.165) is 36.5 Å². The summed E-state index contributed by atoms with van der Waals surface area (Å²) in [6, 6.07) is 0. The molecule has 0 amide bonds. The fraction of sp³-hybridized carbons (Fsp3) is 0.818. The molecule has 0 spiro atoms. The molecule has 1 N–H and O–H groups in total. The molecule has 4 aliphatic carbocycles. The van der Waals surface area contributed by atoms with Crippen molar-refractivity contribution in [2.45, 2.75) is 78.2 Å². The van der Waals surface area contributed by atoms with E-state index in [-0.39, 0.29) is 6.10 Å². The van der Waals surface area contributed by atoms with Crippen molar-refractivity contribution >= 4 is 0 Å². The Balaban J connectivity index is 1.66. The van der Waals surface area contributed by atoms with E-state index >= 15 is 0 Å². The van der Waals surface area contributed by atoms with Gasteiger partial charge in [0.25, 0.3) is 0 Å². The standard InChI is InChI=1S/C22H34O/c1-14(2)18-7-8-19-17-6-5-15-13-16(23)9-11-21(15,3)20(17)10-12-22(18,19)4/h5,16-20,23H,1,6-13H2,2-4H3/t16-,17-,18+,19-,20-,21-,22+/m0/s1. The van der Waals surface area contributed by atoms with Crippen LogP contribution in [-0.2, 0) is 0 Å². The van der Waals surface area contributed by atoms with Gasteiger partial charge in [0.15, 0.2) is 0 Å². The Kier molecular flexibility index (Phi) is 3.61. The van der Waals surface area contributed by atoms with E-state index in [2.05, 4.69) is 33.4 Å². The summed E-state index contributed by atoms with van der Waals surface area (Å²) in [5, 5.41) is 10.1. The van der Waals surface area contributed by atoms with Crippen molar-refractivity contribution in [1.82, 2.24) is 0 Å². The second-order valence-electron chi connectivity index (χ2n) is 9.68. The van der Waals surface area contributed by atoms with Crippen molar-refractivity contribution in [2.75, 3.05) is 0 Å². The predicted molar refractivity (Wildman–Crippen MR) is 96.0 cm³/mol. The summed E-state index contributed by atoms with van der Waals surface area (Å²) < 4.78 is 0. The van der Waals surface area contributed by atoms with E-state index in [1.165, 1.54) is 44.1 Å². The van der Waals surface area contributed by atoms with E-state index in [1.807, 2.05) is 0 Å². The minimum absolute atomic E-state index is 0.0843.